The van der Waals surface area contributed by atoms with Crippen LogP contribution in [-0.2, 0) is 12.8 Å². The van der Waals surface area contributed by atoms with Gasteiger partial charge in [-0.25, -0.2) is 0 Å². The van der Waals surface area contributed by atoms with Gasteiger partial charge >= 0.3 is 0 Å². The van der Waals surface area contributed by atoms with E-state index in [1.54, 1.807) is 18.2 Å². The zero-order valence-corrected chi connectivity index (χ0v) is 20.4. The normalized spacial score (nSPS) is 12.6. The molecule has 0 atom stereocenters. The first kappa shape index (κ1) is 21.0. The van der Waals surface area contributed by atoms with Gasteiger partial charge in [0.25, 0.3) is 0 Å². The quantitative estimate of drug-likeness (QED) is 0.226. The van der Waals surface area contributed by atoms with Gasteiger partial charge in [-0.15, -0.1) is 0 Å². The number of para-hydroxylation sites is 2. The molecular formula is C34H20N2O2. The first-order valence-electron chi connectivity index (χ1n) is 12.7. The Hall–Kier alpha value is -5.14. The van der Waals surface area contributed by atoms with E-state index in [1.807, 2.05) is 12.1 Å². The molecule has 38 heavy (non-hydrogen) atoms. The number of fused-ring (bicyclic) bond motifs is 7. The van der Waals surface area contributed by atoms with Crippen LogP contribution in [0.4, 0.5) is 0 Å². The summed E-state index contributed by atoms with van der Waals surface area (Å²) in [4.78, 5) is 13.4. The van der Waals surface area contributed by atoms with Crippen molar-refractivity contribution in [2.45, 2.75) is 12.8 Å². The summed E-state index contributed by atoms with van der Waals surface area (Å²) in [7, 11) is 0. The second-order valence-corrected chi connectivity index (χ2v) is 10.0. The Morgan fingerprint density at radius 2 is 1.34 bits per heavy atom. The van der Waals surface area contributed by atoms with E-state index in [0.717, 1.165) is 24.1 Å². The summed E-state index contributed by atoms with van der Waals surface area (Å²) in [5, 5.41) is 12.9. The molecule has 8 rings (SSSR count). The van der Waals surface area contributed by atoms with Crippen molar-refractivity contribution in [2.24, 2.45) is 0 Å². The predicted molar refractivity (Wildman–Crippen MR) is 151 cm³/mol. The first-order valence-corrected chi connectivity index (χ1v) is 12.7. The molecular weight excluding hydrogens is 468 g/mol. The molecule has 2 aromatic heterocycles. The number of benzene rings is 5. The molecule has 0 saturated heterocycles. The topological polar surface area (TPSA) is 58.9 Å². The van der Waals surface area contributed by atoms with Crippen molar-refractivity contribution >= 4 is 43.7 Å². The van der Waals surface area contributed by atoms with Crippen molar-refractivity contribution in [3.63, 3.8) is 0 Å². The largest absolute Gasteiger partial charge is 0.456 e. The molecule has 0 saturated carbocycles. The van der Waals surface area contributed by atoms with E-state index in [9.17, 15) is 10.1 Å². The van der Waals surface area contributed by atoms with E-state index in [4.69, 9.17) is 4.42 Å². The molecule has 0 N–H and O–H groups in total. The number of hydrogen-bond acceptors (Lipinski definition) is 3. The summed E-state index contributed by atoms with van der Waals surface area (Å²) in [6.45, 7) is 0. The summed E-state index contributed by atoms with van der Waals surface area (Å²) in [5.74, 6) is 0. The van der Waals surface area contributed by atoms with Crippen molar-refractivity contribution < 1.29 is 4.42 Å². The van der Waals surface area contributed by atoms with Gasteiger partial charge in [-0.2, -0.15) is 5.26 Å². The van der Waals surface area contributed by atoms with Crippen molar-refractivity contribution in [3.8, 4) is 11.8 Å². The monoisotopic (exact) mass is 488 g/mol. The van der Waals surface area contributed by atoms with Crippen molar-refractivity contribution in [3.05, 3.63) is 135 Å². The number of hydrogen-bond donors (Lipinski definition) is 0. The van der Waals surface area contributed by atoms with E-state index in [1.165, 1.54) is 38.5 Å². The average Bonchev–Trinajstić information content (AvgIpc) is 3.29. The molecule has 7 aromatic rings. The molecule has 4 nitrogen and oxygen atoms in total. The van der Waals surface area contributed by atoms with Crippen LogP contribution in [0.1, 0.15) is 27.8 Å². The minimum absolute atomic E-state index is 0.145. The highest BCUT2D eigenvalue weighted by atomic mass is 16.3. The molecule has 5 aromatic carbocycles. The van der Waals surface area contributed by atoms with E-state index in [2.05, 4.69) is 77.4 Å². The van der Waals surface area contributed by atoms with Crippen LogP contribution in [0.15, 0.2) is 106 Å². The van der Waals surface area contributed by atoms with E-state index in [-0.39, 0.29) is 5.43 Å². The Morgan fingerprint density at radius 1 is 0.658 bits per heavy atom. The fourth-order valence-electron chi connectivity index (χ4n) is 6.15. The van der Waals surface area contributed by atoms with E-state index < -0.39 is 0 Å². The minimum Gasteiger partial charge on any atom is -0.456 e. The number of rotatable bonds is 1. The fraction of sp³-hybridized carbons (Fsp3) is 0.0588. The summed E-state index contributed by atoms with van der Waals surface area (Å²) in [5.41, 5.74) is 9.61. The van der Waals surface area contributed by atoms with Gasteiger partial charge in [0.2, 0.25) is 5.43 Å². The molecule has 0 bridgehead atoms. The smallest absolute Gasteiger partial charge is 0.201 e. The maximum atomic E-state index is 13.4. The summed E-state index contributed by atoms with van der Waals surface area (Å²) >= 11 is 0. The van der Waals surface area contributed by atoms with Crippen molar-refractivity contribution in [2.75, 3.05) is 0 Å². The van der Waals surface area contributed by atoms with E-state index >= 15 is 0 Å². The molecule has 4 heteroatoms. The zero-order valence-electron chi connectivity index (χ0n) is 20.4. The molecule has 1 aliphatic rings. The Labute approximate surface area is 217 Å². The molecule has 0 spiro atoms. The lowest BCUT2D eigenvalue weighted by atomic mass is 9.85. The third kappa shape index (κ3) is 2.87. The summed E-state index contributed by atoms with van der Waals surface area (Å²) in [6, 6.07) is 35.1. The molecule has 0 aliphatic heterocycles. The number of nitrogens with zero attached hydrogens (tertiary/aromatic N) is 2. The molecule has 178 valence electrons. The lowest BCUT2D eigenvalue weighted by Crippen LogP contribution is -2.11. The van der Waals surface area contributed by atoms with Gasteiger partial charge in [-0.05, 0) is 83.6 Å². The lowest BCUT2D eigenvalue weighted by Gasteiger charge is -2.21. The third-order valence-corrected chi connectivity index (χ3v) is 7.93. The van der Waals surface area contributed by atoms with Gasteiger partial charge in [0.1, 0.15) is 17.2 Å². The first-order chi connectivity index (χ1) is 18.7. The SMILES string of the molecule is N#Cc1cccc2oc3cc4c(cc3c(=O)c12)Cc1ccc(-n2c3ccccc3c3ccccc32)cc1C4. The Kier molecular flexibility index (Phi) is 4.24. The average molecular weight is 489 g/mol. The van der Waals surface area contributed by atoms with Crippen LogP contribution in [0.5, 0.6) is 0 Å². The molecule has 0 fully saturated rings. The van der Waals surface area contributed by atoms with Crippen LogP contribution < -0.4 is 5.43 Å². The van der Waals surface area contributed by atoms with E-state index in [0.29, 0.717) is 27.5 Å². The van der Waals surface area contributed by atoms with Gasteiger partial charge in [0.05, 0.1) is 27.4 Å². The zero-order chi connectivity index (χ0) is 25.4. The standard InChI is InChI=1S/C34H20N2O2/c35-19-21-6-5-11-31-33(21)34(37)28-17-23-14-20-12-13-25(16-22(20)15-24(23)18-32(28)38-31)36-29-9-3-1-7-26(29)27-8-2-4-10-30(27)36/h1-13,16-18H,14-15H2. The Balaban J connectivity index is 1.29. The minimum atomic E-state index is -0.145. The second kappa shape index (κ2) is 7.68. The molecule has 2 heterocycles. The predicted octanol–water partition coefficient (Wildman–Crippen LogP) is 7.41. The molecule has 0 amide bonds. The number of aromatic nitrogens is 1. The maximum Gasteiger partial charge on any atom is 0.201 e. The van der Waals surface area contributed by atoms with Crippen LogP contribution in [0.25, 0.3) is 49.4 Å². The highest BCUT2D eigenvalue weighted by Crippen LogP contribution is 2.35. The van der Waals surface area contributed by atoms with Crippen LogP contribution in [-0.4, -0.2) is 4.57 Å². The summed E-state index contributed by atoms with van der Waals surface area (Å²) < 4.78 is 8.49. The summed E-state index contributed by atoms with van der Waals surface area (Å²) in [6.07, 6.45) is 1.52. The Morgan fingerprint density at radius 3 is 2.11 bits per heavy atom. The van der Waals surface area contributed by atoms with Crippen LogP contribution in [0.3, 0.4) is 0 Å². The lowest BCUT2D eigenvalue weighted by molar-refractivity contribution is 0.658. The van der Waals surface area contributed by atoms with Crippen molar-refractivity contribution in [1.29, 1.82) is 5.26 Å². The van der Waals surface area contributed by atoms with Crippen LogP contribution in [0, 0.1) is 11.3 Å². The molecule has 1 aliphatic carbocycles. The van der Waals surface area contributed by atoms with Gasteiger partial charge in [0, 0.05) is 16.5 Å². The van der Waals surface area contributed by atoms with Gasteiger partial charge < -0.3 is 8.98 Å². The highest BCUT2D eigenvalue weighted by molar-refractivity contribution is 6.09. The van der Waals surface area contributed by atoms with Crippen LogP contribution >= 0.6 is 0 Å². The number of nitriles is 1. The van der Waals surface area contributed by atoms with Gasteiger partial charge in [-0.1, -0.05) is 48.5 Å². The van der Waals surface area contributed by atoms with Crippen molar-refractivity contribution in [1.82, 2.24) is 4.57 Å². The maximum absolute atomic E-state index is 13.4. The molecule has 0 radical (unpaired) electrons. The Bertz CT molecular complexity index is 2170. The third-order valence-electron chi connectivity index (χ3n) is 7.93. The van der Waals surface area contributed by atoms with Crippen LogP contribution in [0.2, 0.25) is 0 Å². The van der Waals surface area contributed by atoms with Gasteiger partial charge in [-0.3, -0.25) is 4.79 Å². The van der Waals surface area contributed by atoms with Gasteiger partial charge in [0.15, 0.2) is 0 Å². The second-order valence-electron chi connectivity index (χ2n) is 10.0. The molecule has 0 unspecified atom stereocenters. The fourth-order valence-corrected chi connectivity index (χ4v) is 6.15. The highest BCUT2D eigenvalue weighted by Gasteiger charge is 2.21.